The highest BCUT2D eigenvalue weighted by Gasteiger charge is 2.44. The normalized spacial score (nSPS) is 23.9. The highest BCUT2D eigenvalue weighted by Crippen LogP contribution is 2.34. The highest BCUT2D eigenvalue weighted by molar-refractivity contribution is 5.80. The summed E-state index contributed by atoms with van der Waals surface area (Å²) in [6.45, 7) is 5.61. The van der Waals surface area contributed by atoms with Crippen molar-refractivity contribution in [3.8, 4) is 0 Å². The van der Waals surface area contributed by atoms with Crippen LogP contribution in [0.5, 0.6) is 0 Å². The van der Waals surface area contributed by atoms with Crippen molar-refractivity contribution >= 4 is 11.9 Å². The van der Waals surface area contributed by atoms with Crippen molar-refractivity contribution in [3.63, 3.8) is 0 Å². The van der Waals surface area contributed by atoms with Gasteiger partial charge in [-0.15, -0.1) is 0 Å². The average molecular weight is 284 g/mol. The molecule has 5 nitrogen and oxygen atoms in total. The molecule has 2 unspecified atom stereocenters. The monoisotopic (exact) mass is 284 g/mol. The molecule has 1 heterocycles. The molecule has 5 heteroatoms. The number of amides is 1. The number of carboxylic acid groups (broad SMARTS) is 1. The molecule has 0 spiro atoms. The molecule has 0 bridgehead atoms. The van der Waals surface area contributed by atoms with Crippen molar-refractivity contribution in [1.82, 2.24) is 4.90 Å². The Morgan fingerprint density at radius 2 is 2.05 bits per heavy atom. The van der Waals surface area contributed by atoms with Crippen LogP contribution >= 0.6 is 0 Å². The maximum atomic E-state index is 12.2. The fraction of sp³-hybridized carbons (Fsp3) is 0.867. The predicted octanol–water partition coefficient (Wildman–Crippen LogP) is 1.85. The van der Waals surface area contributed by atoms with Gasteiger partial charge in [0.2, 0.25) is 5.91 Å². The molecular formula is C15H28N2O3. The van der Waals surface area contributed by atoms with Crippen LogP contribution in [-0.2, 0) is 9.59 Å². The summed E-state index contributed by atoms with van der Waals surface area (Å²) < 4.78 is 0. The quantitative estimate of drug-likeness (QED) is 0.712. The lowest BCUT2D eigenvalue weighted by Crippen LogP contribution is -2.36. The molecule has 3 N–H and O–H groups in total. The SMILES string of the molecule is CCC(CCN)CCC(=O)N1CCC(CC)(C(=O)O)C1. The molecule has 0 aliphatic carbocycles. The van der Waals surface area contributed by atoms with Crippen LogP contribution in [-0.4, -0.2) is 41.5 Å². The second kappa shape index (κ2) is 7.62. The number of likely N-dealkylation sites (tertiary alicyclic amines) is 1. The van der Waals surface area contributed by atoms with E-state index in [1.54, 1.807) is 4.90 Å². The van der Waals surface area contributed by atoms with Gasteiger partial charge in [0, 0.05) is 19.5 Å². The number of hydrogen-bond acceptors (Lipinski definition) is 3. The van der Waals surface area contributed by atoms with E-state index in [-0.39, 0.29) is 5.91 Å². The minimum absolute atomic E-state index is 0.0945. The zero-order valence-corrected chi connectivity index (χ0v) is 12.7. The zero-order chi connectivity index (χ0) is 15.2. The van der Waals surface area contributed by atoms with Crippen LogP contribution in [0, 0.1) is 11.3 Å². The van der Waals surface area contributed by atoms with Crippen molar-refractivity contribution < 1.29 is 14.7 Å². The Bertz CT molecular complexity index is 346. The number of carbonyl (C=O) groups excluding carboxylic acids is 1. The lowest BCUT2D eigenvalue weighted by Gasteiger charge is -2.23. The predicted molar refractivity (Wildman–Crippen MR) is 78.2 cm³/mol. The van der Waals surface area contributed by atoms with Crippen molar-refractivity contribution in [2.75, 3.05) is 19.6 Å². The van der Waals surface area contributed by atoms with Crippen LogP contribution in [0.3, 0.4) is 0 Å². The molecule has 1 aliphatic rings. The second-order valence-electron chi connectivity index (χ2n) is 5.89. The lowest BCUT2D eigenvalue weighted by atomic mass is 9.84. The molecule has 1 aliphatic heterocycles. The van der Waals surface area contributed by atoms with Crippen molar-refractivity contribution in [1.29, 1.82) is 0 Å². The van der Waals surface area contributed by atoms with Gasteiger partial charge in [-0.1, -0.05) is 20.3 Å². The van der Waals surface area contributed by atoms with Crippen molar-refractivity contribution in [3.05, 3.63) is 0 Å². The molecule has 116 valence electrons. The van der Waals surface area contributed by atoms with Crippen LogP contribution in [0.15, 0.2) is 0 Å². The van der Waals surface area contributed by atoms with Crippen LogP contribution in [0.1, 0.15) is 52.4 Å². The van der Waals surface area contributed by atoms with Gasteiger partial charge in [-0.2, -0.15) is 0 Å². The standard InChI is InChI=1S/C15H28N2O3/c1-3-12(7-9-16)5-6-13(18)17-10-8-15(4-2,11-17)14(19)20/h12H,3-11,16H2,1-2H3,(H,19,20). The topological polar surface area (TPSA) is 83.6 Å². The molecule has 20 heavy (non-hydrogen) atoms. The fourth-order valence-electron chi connectivity index (χ4n) is 2.97. The maximum Gasteiger partial charge on any atom is 0.311 e. The number of nitrogens with two attached hydrogens (primary N) is 1. The van der Waals surface area contributed by atoms with Crippen molar-refractivity contribution in [2.24, 2.45) is 17.1 Å². The molecule has 0 aromatic carbocycles. The van der Waals surface area contributed by atoms with Crippen molar-refractivity contribution in [2.45, 2.75) is 52.4 Å². The number of carbonyl (C=O) groups is 2. The highest BCUT2D eigenvalue weighted by atomic mass is 16.4. The van der Waals surface area contributed by atoms with Gasteiger partial charge in [0.25, 0.3) is 0 Å². The van der Waals surface area contributed by atoms with E-state index in [0.29, 0.717) is 44.8 Å². The Morgan fingerprint density at radius 3 is 2.50 bits per heavy atom. The molecule has 0 aromatic rings. The van der Waals surface area contributed by atoms with E-state index in [1.807, 2.05) is 6.92 Å². The molecule has 0 radical (unpaired) electrons. The summed E-state index contributed by atoms with van der Waals surface area (Å²) in [5, 5.41) is 9.34. The first-order valence-corrected chi connectivity index (χ1v) is 7.70. The smallest absolute Gasteiger partial charge is 0.311 e. The average Bonchev–Trinajstić information content (AvgIpc) is 2.89. The number of rotatable bonds is 8. The van der Waals surface area contributed by atoms with Gasteiger partial charge in [-0.25, -0.2) is 0 Å². The molecule has 2 atom stereocenters. The Kier molecular flexibility index (Phi) is 6.46. The number of hydrogen-bond donors (Lipinski definition) is 2. The van der Waals surface area contributed by atoms with Gasteiger partial charge >= 0.3 is 5.97 Å². The van der Waals surface area contributed by atoms with E-state index in [1.165, 1.54) is 0 Å². The molecule has 1 amide bonds. The zero-order valence-electron chi connectivity index (χ0n) is 12.7. The van der Waals surface area contributed by atoms with E-state index in [2.05, 4.69) is 6.92 Å². The van der Waals surface area contributed by atoms with Gasteiger partial charge in [0.1, 0.15) is 0 Å². The fourth-order valence-corrected chi connectivity index (χ4v) is 2.97. The molecular weight excluding hydrogens is 256 g/mol. The van der Waals surface area contributed by atoms with E-state index in [0.717, 1.165) is 19.3 Å². The minimum atomic E-state index is -0.773. The largest absolute Gasteiger partial charge is 0.481 e. The van der Waals surface area contributed by atoms with Crippen LogP contribution in [0.25, 0.3) is 0 Å². The number of carboxylic acids is 1. The molecule has 1 fully saturated rings. The molecule has 1 saturated heterocycles. The summed E-state index contributed by atoms with van der Waals surface area (Å²) in [6, 6.07) is 0. The lowest BCUT2D eigenvalue weighted by molar-refractivity contribution is -0.148. The van der Waals surface area contributed by atoms with E-state index in [9.17, 15) is 14.7 Å². The van der Waals surface area contributed by atoms with E-state index in [4.69, 9.17) is 5.73 Å². The summed E-state index contributed by atoms with van der Waals surface area (Å²) in [5.74, 6) is -0.177. The summed E-state index contributed by atoms with van der Waals surface area (Å²) in [5.41, 5.74) is 4.83. The Labute approximate surface area is 121 Å². The molecule has 0 saturated carbocycles. The number of nitrogens with zero attached hydrogens (tertiary/aromatic N) is 1. The third-order valence-electron chi connectivity index (χ3n) is 4.76. The summed E-state index contributed by atoms with van der Waals surface area (Å²) >= 11 is 0. The summed E-state index contributed by atoms with van der Waals surface area (Å²) in [4.78, 5) is 25.3. The summed E-state index contributed by atoms with van der Waals surface area (Å²) in [6.07, 6.45) is 4.52. The third-order valence-corrected chi connectivity index (χ3v) is 4.76. The van der Waals surface area contributed by atoms with Gasteiger partial charge in [0.15, 0.2) is 0 Å². The Balaban J connectivity index is 2.48. The van der Waals surface area contributed by atoms with Crippen LogP contribution < -0.4 is 5.73 Å². The van der Waals surface area contributed by atoms with Gasteiger partial charge in [-0.3, -0.25) is 9.59 Å². The Morgan fingerprint density at radius 1 is 1.35 bits per heavy atom. The first-order chi connectivity index (χ1) is 9.49. The maximum absolute atomic E-state index is 12.2. The van der Waals surface area contributed by atoms with Gasteiger partial charge in [-0.05, 0) is 38.1 Å². The minimum Gasteiger partial charge on any atom is -0.481 e. The number of aliphatic carboxylic acids is 1. The van der Waals surface area contributed by atoms with Gasteiger partial charge < -0.3 is 15.7 Å². The molecule has 1 rings (SSSR count). The Hall–Kier alpha value is -1.10. The van der Waals surface area contributed by atoms with E-state index >= 15 is 0 Å². The molecule has 0 aromatic heterocycles. The first-order valence-electron chi connectivity index (χ1n) is 7.70. The van der Waals surface area contributed by atoms with Crippen LogP contribution in [0.4, 0.5) is 0 Å². The summed E-state index contributed by atoms with van der Waals surface area (Å²) in [7, 11) is 0. The second-order valence-corrected chi connectivity index (χ2v) is 5.89. The van der Waals surface area contributed by atoms with Gasteiger partial charge in [0.05, 0.1) is 5.41 Å². The van der Waals surface area contributed by atoms with E-state index < -0.39 is 11.4 Å². The van der Waals surface area contributed by atoms with Crippen LogP contribution in [0.2, 0.25) is 0 Å². The first kappa shape index (κ1) is 17.0. The third kappa shape index (κ3) is 3.95.